The fourth-order valence-electron chi connectivity index (χ4n) is 1.87. The SMILES string of the molecule is C[C@@H](Oc1ccc(C=Nc2ccc(N(C)C)cc2)cc1)C(=O)O. The van der Waals surface area contributed by atoms with Gasteiger partial charge in [-0.1, -0.05) is 0 Å². The van der Waals surface area contributed by atoms with Gasteiger partial charge in [-0.15, -0.1) is 0 Å². The van der Waals surface area contributed by atoms with E-state index in [-0.39, 0.29) is 0 Å². The predicted molar refractivity (Wildman–Crippen MR) is 92.2 cm³/mol. The molecule has 0 aliphatic heterocycles. The van der Waals surface area contributed by atoms with Gasteiger partial charge in [-0.25, -0.2) is 4.79 Å². The molecular formula is C18H20N2O3. The van der Waals surface area contributed by atoms with Crippen LogP contribution < -0.4 is 9.64 Å². The van der Waals surface area contributed by atoms with Gasteiger partial charge in [0.15, 0.2) is 6.10 Å². The first kappa shape index (κ1) is 16.5. The minimum Gasteiger partial charge on any atom is -0.479 e. The van der Waals surface area contributed by atoms with Crippen molar-refractivity contribution in [3.63, 3.8) is 0 Å². The van der Waals surface area contributed by atoms with E-state index in [2.05, 4.69) is 4.99 Å². The monoisotopic (exact) mass is 312 g/mol. The van der Waals surface area contributed by atoms with Gasteiger partial charge in [-0.05, 0) is 61.0 Å². The minimum atomic E-state index is -0.989. The van der Waals surface area contributed by atoms with Gasteiger partial charge in [0, 0.05) is 26.0 Å². The molecule has 23 heavy (non-hydrogen) atoms. The zero-order chi connectivity index (χ0) is 16.8. The third-order valence-electron chi connectivity index (χ3n) is 3.27. The molecule has 0 aliphatic carbocycles. The molecule has 0 bridgehead atoms. The molecule has 5 heteroatoms. The van der Waals surface area contributed by atoms with Crippen LogP contribution in [0.3, 0.4) is 0 Å². The van der Waals surface area contributed by atoms with E-state index < -0.39 is 12.1 Å². The number of aliphatic imine (C=N–C) groups is 1. The number of anilines is 1. The van der Waals surface area contributed by atoms with Crippen LogP contribution in [-0.2, 0) is 4.79 Å². The van der Waals surface area contributed by atoms with E-state index in [0.717, 1.165) is 16.9 Å². The second kappa shape index (κ2) is 7.45. The van der Waals surface area contributed by atoms with E-state index >= 15 is 0 Å². The van der Waals surface area contributed by atoms with E-state index in [4.69, 9.17) is 9.84 Å². The van der Waals surface area contributed by atoms with Crippen LogP contribution in [0.5, 0.6) is 5.75 Å². The molecule has 120 valence electrons. The highest BCUT2D eigenvalue weighted by Gasteiger charge is 2.11. The van der Waals surface area contributed by atoms with Crippen molar-refractivity contribution in [1.29, 1.82) is 0 Å². The van der Waals surface area contributed by atoms with E-state index in [1.165, 1.54) is 6.92 Å². The molecule has 0 aliphatic rings. The highest BCUT2D eigenvalue weighted by atomic mass is 16.5. The second-order valence-electron chi connectivity index (χ2n) is 5.34. The lowest BCUT2D eigenvalue weighted by Gasteiger charge is -2.11. The number of nitrogens with zero attached hydrogens (tertiary/aromatic N) is 2. The van der Waals surface area contributed by atoms with Gasteiger partial charge in [-0.2, -0.15) is 0 Å². The molecule has 0 heterocycles. The smallest absolute Gasteiger partial charge is 0.344 e. The number of hydrogen-bond acceptors (Lipinski definition) is 4. The third kappa shape index (κ3) is 4.85. The second-order valence-corrected chi connectivity index (χ2v) is 5.34. The fourth-order valence-corrected chi connectivity index (χ4v) is 1.87. The number of benzene rings is 2. The van der Waals surface area contributed by atoms with Gasteiger partial charge in [0.25, 0.3) is 0 Å². The van der Waals surface area contributed by atoms with Crippen molar-refractivity contribution in [2.24, 2.45) is 4.99 Å². The highest BCUT2D eigenvalue weighted by Crippen LogP contribution is 2.18. The first-order valence-corrected chi connectivity index (χ1v) is 7.26. The van der Waals surface area contributed by atoms with Crippen molar-refractivity contribution in [1.82, 2.24) is 0 Å². The summed E-state index contributed by atoms with van der Waals surface area (Å²) in [4.78, 5) is 17.2. The summed E-state index contributed by atoms with van der Waals surface area (Å²) in [6.07, 6.45) is 0.888. The number of ether oxygens (including phenoxy) is 1. The summed E-state index contributed by atoms with van der Waals surface area (Å²) < 4.78 is 5.28. The van der Waals surface area contributed by atoms with Crippen LogP contribution in [0.25, 0.3) is 0 Å². The first-order valence-electron chi connectivity index (χ1n) is 7.26. The van der Waals surface area contributed by atoms with Crippen molar-refractivity contribution < 1.29 is 14.6 Å². The Bertz CT molecular complexity index is 676. The van der Waals surface area contributed by atoms with Crippen LogP contribution in [-0.4, -0.2) is 37.5 Å². The first-order chi connectivity index (χ1) is 11.0. The van der Waals surface area contributed by atoms with Crippen molar-refractivity contribution in [3.05, 3.63) is 54.1 Å². The molecular weight excluding hydrogens is 292 g/mol. The summed E-state index contributed by atoms with van der Waals surface area (Å²) in [5.74, 6) is -0.468. The van der Waals surface area contributed by atoms with Crippen LogP contribution in [0.15, 0.2) is 53.5 Å². The van der Waals surface area contributed by atoms with Gasteiger partial charge in [0.1, 0.15) is 5.75 Å². The molecule has 0 amide bonds. The summed E-state index contributed by atoms with van der Waals surface area (Å²) in [5.41, 5.74) is 2.91. The van der Waals surface area contributed by atoms with E-state index in [0.29, 0.717) is 5.75 Å². The molecule has 0 fully saturated rings. The van der Waals surface area contributed by atoms with Crippen molar-refractivity contribution in [2.45, 2.75) is 13.0 Å². The molecule has 1 atom stereocenters. The Labute approximate surface area is 135 Å². The Balaban J connectivity index is 2.01. The number of aliphatic carboxylic acids is 1. The van der Waals surface area contributed by atoms with E-state index in [9.17, 15) is 4.79 Å². The van der Waals surface area contributed by atoms with Crippen LogP contribution in [0, 0.1) is 0 Å². The number of carboxylic acid groups (broad SMARTS) is 1. The quantitative estimate of drug-likeness (QED) is 0.831. The number of carboxylic acids is 1. The maximum absolute atomic E-state index is 10.7. The summed E-state index contributed by atoms with van der Waals surface area (Å²) in [7, 11) is 3.99. The maximum Gasteiger partial charge on any atom is 0.344 e. The summed E-state index contributed by atoms with van der Waals surface area (Å²) in [6.45, 7) is 1.50. The van der Waals surface area contributed by atoms with Crippen LogP contribution in [0.2, 0.25) is 0 Å². The van der Waals surface area contributed by atoms with Crippen LogP contribution in [0.1, 0.15) is 12.5 Å². The van der Waals surface area contributed by atoms with Crippen LogP contribution in [0.4, 0.5) is 11.4 Å². The molecule has 0 aromatic heterocycles. The molecule has 5 nitrogen and oxygen atoms in total. The fraction of sp³-hybridized carbons (Fsp3) is 0.222. The zero-order valence-electron chi connectivity index (χ0n) is 13.4. The third-order valence-corrected chi connectivity index (χ3v) is 3.27. The highest BCUT2D eigenvalue weighted by molar-refractivity contribution is 5.82. The zero-order valence-corrected chi connectivity index (χ0v) is 13.4. The van der Waals surface area contributed by atoms with E-state index in [1.54, 1.807) is 18.3 Å². The molecule has 2 aromatic carbocycles. The van der Waals surface area contributed by atoms with Gasteiger partial charge >= 0.3 is 5.97 Å². The molecule has 2 aromatic rings. The molecule has 0 saturated heterocycles. The lowest BCUT2D eigenvalue weighted by atomic mass is 10.2. The normalized spacial score (nSPS) is 12.1. The van der Waals surface area contributed by atoms with Crippen molar-refractivity contribution >= 4 is 23.6 Å². The number of carbonyl (C=O) groups is 1. The molecule has 0 unspecified atom stereocenters. The molecule has 2 rings (SSSR count). The van der Waals surface area contributed by atoms with Crippen molar-refractivity contribution in [3.8, 4) is 5.75 Å². The standard InChI is InChI=1S/C18H20N2O3/c1-13(18(21)22)23-17-10-4-14(5-11-17)12-19-15-6-8-16(9-7-15)20(2)3/h4-13H,1-3H3,(H,21,22)/t13-/m1/s1. The molecule has 0 spiro atoms. The lowest BCUT2D eigenvalue weighted by molar-refractivity contribution is -0.144. The molecule has 0 radical (unpaired) electrons. The van der Waals surface area contributed by atoms with Gasteiger partial charge < -0.3 is 14.7 Å². The Kier molecular flexibility index (Phi) is 5.36. The van der Waals surface area contributed by atoms with Gasteiger partial charge in [0.2, 0.25) is 0 Å². The Morgan fingerprint density at radius 3 is 2.26 bits per heavy atom. The maximum atomic E-state index is 10.7. The van der Waals surface area contributed by atoms with E-state index in [1.807, 2.05) is 55.4 Å². The van der Waals surface area contributed by atoms with Gasteiger partial charge in [0.05, 0.1) is 5.69 Å². The summed E-state index contributed by atoms with van der Waals surface area (Å²) >= 11 is 0. The largest absolute Gasteiger partial charge is 0.479 e. The minimum absolute atomic E-state index is 0.521. The van der Waals surface area contributed by atoms with Gasteiger partial charge in [-0.3, -0.25) is 4.99 Å². The number of rotatable bonds is 6. The molecule has 0 saturated carbocycles. The summed E-state index contributed by atoms with van der Waals surface area (Å²) in [6, 6.07) is 15.1. The summed E-state index contributed by atoms with van der Waals surface area (Å²) in [5, 5.41) is 8.81. The average molecular weight is 312 g/mol. The molecule has 1 N–H and O–H groups in total. The lowest BCUT2D eigenvalue weighted by Crippen LogP contribution is -2.22. The Morgan fingerprint density at radius 2 is 1.74 bits per heavy atom. The average Bonchev–Trinajstić information content (AvgIpc) is 2.54. The predicted octanol–water partition coefficient (Wildman–Crippen LogP) is 3.36. The van der Waals surface area contributed by atoms with Crippen molar-refractivity contribution in [2.75, 3.05) is 19.0 Å². The Morgan fingerprint density at radius 1 is 1.13 bits per heavy atom. The Hall–Kier alpha value is -2.82. The number of hydrogen-bond donors (Lipinski definition) is 1. The topological polar surface area (TPSA) is 62.1 Å². The van der Waals surface area contributed by atoms with Crippen LogP contribution >= 0.6 is 0 Å².